The number of piperidine rings is 1. The summed E-state index contributed by atoms with van der Waals surface area (Å²) in [4.78, 5) is 11.0. The fourth-order valence-corrected chi connectivity index (χ4v) is 3.28. The zero-order chi connectivity index (χ0) is 16.9. The van der Waals surface area contributed by atoms with Crippen LogP contribution >= 0.6 is 11.6 Å². The highest BCUT2D eigenvalue weighted by atomic mass is 35.5. The highest BCUT2D eigenvalue weighted by Crippen LogP contribution is 2.43. The molecule has 1 heterocycles. The van der Waals surface area contributed by atoms with Gasteiger partial charge in [0.15, 0.2) is 0 Å². The van der Waals surface area contributed by atoms with Gasteiger partial charge in [-0.15, -0.1) is 0 Å². The molecule has 2 N–H and O–H groups in total. The molecule has 0 aromatic heterocycles. The van der Waals surface area contributed by atoms with Crippen LogP contribution in [0.3, 0.4) is 0 Å². The lowest BCUT2D eigenvalue weighted by atomic mass is 9.75. The number of nitrogens with one attached hydrogen (secondary N) is 2. The van der Waals surface area contributed by atoms with Gasteiger partial charge in [0.2, 0.25) is 5.91 Å². The molecule has 23 heavy (non-hydrogen) atoms. The van der Waals surface area contributed by atoms with Crippen LogP contribution in [0.5, 0.6) is 0 Å². The Morgan fingerprint density at radius 2 is 2.35 bits per heavy atom. The molecule has 2 atom stereocenters. The number of hydrogen-bond acceptors (Lipinski definition) is 3. The number of hydrogen-bond donors (Lipinski definition) is 2. The lowest BCUT2D eigenvalue weighted by Crippen LogP contribution is -2.43. The monoisotopic (exact) mass is 342 g/mol. The molecule has 0 spiro atoms. The van der Waals surface area contributed by atoms with Crippen molar-refractivity contribution in [3.63, 3.8) is 0 Å². The number of ether oxygens (including phenoxy) is 1. The van der Waals surface area contributed by atoms with E-state index in [0.29, 0.717) is 18.7 Å². The van der Waals surface area contributed by atoms with Gasteiger partial charge in [0, 0.05) is 31.0 Å². The molecule has 1 aliphatic heterocycles. The second kappa shape index (κ2) is 8.08. The third kappa shape index (κ3) is 4.66. The van der Waals surface area contributed by atoms with E-state index in [9.17, 15) is 9.18 Å². The van der Waals surface area contributed by atoms with Crippen molar-refractivity contribution < 1.29 is 13.9 Å². The number of halogens is 2. The van der Waals surface area contributed by atoms with E-state index in [1.54, 1.807) is 12.1 Å². The first-order valence-electron chi connectivity index (χ1n) is 7.95. The molecule has 1 saturated heterocycles. The Bertz CT molecular complexity index is 547. The fraction of sp³-hybridized carbons (Fsp3) is 0.588. The quantitative estimate of drug-likeness (QED) is 0.781. The topological polar surface area (TPSA) is 50.4 Å². The smallest absolute Gasteiger partial charge is 0.216 e. The molecule has 1 aliphatic rings. The van der Waals surface area contributed by atoms with Gasteiger partial charge in [0.05, 0.1) is 17.7 Å². The van der Waals surface area contributed by atoms with Crippen molar-refractivity contribution in [1.82, 2.24) is 10.6 Å². The van der Waals surface area contributed by atoms with Crippen molar-refractivity contribution in [1.29, 1.82) is 0 Å². The predicted octanol–water partition coefficient (Wildman–Crippen LogP) is 3.06. The molecule has 1 fully saturated rings. The standard InChI is InChI=1S/C17H24ClFN2O2/c1-12(22)21-9-10-23-16(17(2)7-4-8-20-11-17)13-5-3-6-14(18)15(13)19/h3,5-6,16,20H,4,7-11H2,1-2H3,(H,21,22)/t16-,17+/m0/s1. The van der Waals surface area contributed by atoms with E-state index in [-0.39, 0.29) is 16.3 Å². The van der Waals surface area contributed by atoms with Gasteiger partial charge in [-0.2, -0.15) is 0 Å². The molecule has 0 bridgehead atoms. The van der Waals surface area contributed by atoms with E-state index >= 15 is 0 Å². The molecule has 0 saturated carbocycles. The van der Waals surface area contributed by atoms with E-state index in [1.807, 2.05) is 0 Å². The Hall–Kier alpha value is -1.17. The van der Waals surface area contributed by atoms with Crippen LogP contribution in [0, 0.1) is 11.2 Å². The maximum absolute atomic E-state index is 14.5. The van der Waals surface area contributed by atoms with Crippen LogP contribution in [0.4, 0.5) is 4.39 Å². The van der Waals surface area contributed by atoms with Gasteiger partial charge in [0.25, 0.3) is 0 Å². The molecule has 0 aliphatic carbocycles. The van der Waals surface area contributed by atoms with Crippen LogP contribution < -0.4 is 10.6 Å². The third-order valence-corrected chi connectivity index (χ3v) is 4.58. The Labute approximate surface area is 141 Å². The van der Waals surface area contributed by atoms with Crippen molar-refractivity contribution in [2.45, 2.75) is 32.8 Å². The summed E-state index contributed by atoms with van der Waals surface area (Å²) in [6.07, 6.45) is 1.55. The summed E-state index contributed by atoms with van der Waals surface area (Å²) in [7, 11) is 0. The van der Waals surface area contributed by atoms with E-state index in [1.165, 1.54) is 13.0 Å². The molecule has 0 unspecified atom stereocenters. The first-order chi connectivity index (χ1) is 10.9. The lowest BCUT2D eigenvalue weighted by Gasteiger charge is -2.41. The van der Waals surface area contributed by atoms with Gasteiger partial charge in [-0.25, -0.2) is 4.39 Å². The average Bonchev–Trinajstić information content (AvgIpc) is 2.51. The zero-order valence-electron chi connectivity index (χ0n) is 13.6. The van der Waals surface area contributed by atoms with Crippen LogP contribution in [0.25, 0.3) is 0 Å². The maximum atomic E-state index is 14.5. The third-order valence-electron chi connectivity index (χ3n) is 4.29. The summed E-state index contributed by atoms with van der Waals surface area (Å²) in [5, 5.41) is 6.16. The molecule has 0 radical (unpaired) electrons. The van der Waals surface area contributed by atoms with Crippen molar-refractivity contribution in [3.8, 4) is 0 Å². The van der Waals surface area contributed by atoms with Gasteiger partial charge < -0.3 is 15.4 Å². The van der Waals surface area contributed by atoms with Gasteiger partial charge >= 0.3 is 0 Å². The molecule has 1 aromatic rings. The van der Waals surface area contributed by atoms with Crippen LogP contribution in [0.2, 0.25) is 5.02 Å². The summed E-state index contributed by atoms with van der Waals surface area (Å²) < 4.78 is 20.5. The minimum absolute atomic E-state index is 0.102. The molecule has 128 valence electrons. The largest absolute Gasteiger partial charge is 0.371 e. The Balaban J connectivity index is 2.20. The summed E-state index contributed by atoms with van der Waals surface area (Å²) in [6.45, 7) is 6.00. The van der Waals surface area contributed by atoms with Crippen LogP contribution in [0.1, 0.15) is 38.4 Å². The molecule has 1 aromatic carbocycles. The van der Waals surface area contributed by atoms with Crippen molar-refractivity contribution in [2.75, 3.05) is 26.2 Å². The minimum atomic E-state index is -0.425. The van der Waals surface area contributed by atoms with E-state index < -0.39 is 11.9 Å². The van der Waals surface area contributed by atoms with Crippen molar-refractivity contribution >= 4 is 17.5 Å². The van der Waals surface area contributed by atoms with Crippen LogP contribution in [0.15, 0.2) is 18.2 Å². The Kier molecular flexibility index (Phi) is 6.39. The van der Waals surface area contributed by atoms with Crippen molar-refractivity contribution in [2.24, 2.45) is 5.41 Å². The minimum Gasteiger partial charge on any atom is -0.371 e. The normalized spacial score (nSPS) is 22.6. The van der Waals surface area contributed by atoms with Crippen LogP contribution in [-0.4, -0.2) is 32.1 Å². The second-order valence-corrected chi connectivity index (χ2v) is 6.72. The first kappa shape index (κ1) is 18.2. The molecule has 1 amide bonds. The highest BCUT2D eigenvalue weighted by molar-refractivity contribution is 6.30. The average molecular weight is 343 g/mol. The highest BCUT2D eigenvalue weighted by Gasteiger charge is 2.39. The van der Waals surface area contributed by atoms with Crippen LogP contribution in [-0.2, 0) is 9.53 Å². The van der Waals surface area contributed by atoms with E-state index in [2.05, 4.69) is 17.6 Å². The Morgan fingerprint density at radius 3 is 3.00 bits per heavy atom. The van der Waals surface area contributed by atoms with Gasteiger partial charge in [0.1, 0.15) is 5.82 Å². The van der Waals surface area contributed by atoms with E-state index in [0.717, 1.165) is 25.9 Å². The lowest BCUT2D eigenvalue weighted by molar-refractivity contribution is -0.119. The van der Waals surface area contributed by atoms with Gasteiger partial charge in [-0.1, -0.05) is 30.7 Å². The van der Waals surface area contributed by atoms with Crippen molar-refractivity contribution in [3.05, 3.63) is 34.6 Å². The fourth-order valence-electron chi connectivity index (χ4n) is 3.10. The predicted molar refractivity (Wildman–Crippen MR) is 89.0 cm³/mol. The van der Waals surface area contributed by atoms with Gasteiger partial charge in [-0.3, -0.25) is 4.79 Å². The van der Waals surface area contributed by atoms with Gasteiger partial charge in [-0.05, 0) is 25.5 Å². The summed E-state index contributed by atoms with van der Waals surface area (Å²) in [5.74, 6) is -0.532. The molecule has 2 rings (SSSR count). The number of rotatable bonds is 6. The number of amides is 1. The molecule has 4 nitrogen and oxygen atoms in total. The SMILES string of the molecule is CC(=O)NCCO[C@@H](c1cccc(Cl)c1F)[C@]1(C)CCCNC1. The zero-order valence-corrected chi connectivity index (χ0v) is 14.4. The first-order valence-corrected chi connectivity index (χ1v) is 8.32. The molecule has 6 heteroatoms. The number of carbonyl (C=O) groups excluding carboxylic acids is 1. The van der Waals surface area contributed by atoms with E-state index in [4.69, 9.17) is 16.3 Å². The molecular formula is C17H24ClFN2O2. The molecular weight excluding hydrogens is 319 g/mol. The summed E-state index contributed by atoms with van der Waals surface area (Å²) in [6, 6.07) is 5.00. The second-order valence-electron chi connectivity index (χ2n) is 6.31. The number of benzene rings is 1. The summed E-state index contributed by atoms with van der Waals surface area (Å²) >= 11 is 5.94. The summed E-state index contributed by atoms with van der Waals surface area (Å²) in [5.41, 5.74) is 0.256. The Morgan fingerprint density at radius 1 is 1.57 bits per heavy atom. The number of carbonyl (C=O) groups is 1. The maximum Gasteiger partial charge on any atom is 0.216 e.